The van der Waals surface area contributed by atoms with E-state index in [1.54, 1.807) is 13.8 Å². The van der Waals surface area contributed by atoms with Crippen LogP contribution < -0.4 is 16.8 Å². The second-order valence-corrected chi connectivity index (χ2v) is 6.83. The van der Waals surface area contributed by atoms with Gasteiger partial charge in [-0.25, -0.2) is 4.79 Å². The first-order valence-electron chi connectivity index (χ1n) is 9.06. The third-order valence-corrected chi connectivity index (χ3v) is 4.68. The maximum atomic E-state index is 12.5. The maximum Gasteiger partial charge on any atom is 0.342 e. The highest BCUT2D eigenvalue weighted by Gasteiger charge is 2.29. The lowest BCUT2D eigenvalue weighted by Crippen LogP contribution is -2.23. The number of carbonyl (C=O) groups excluding carboxylic acids is 4. The molecule has 0 fully saturated rings. The zero-order valence-corrected chi connectivity index (χ0v) is 17.9. The molecule has 0 aliphatic heterocycles. The van der Waals surface area contributed by atoms with E-state index in [1.165, 1.54) is 11.5 Å². The van der Waals surface area contributed by atoms with Crippen LogP contribution >= 0.6 is 11.8 Å². The van der Waals surface area contributed by atoms with Crippen molar-refractivity contribution >= 4 is 47.3 Å². The van der Waals surface area contributed by atoms with Crippen LogP contribution in [0.1, 0.15) is 40.3 Å². The number of aromatic nitrogens is 3. The maximum absolute atomic E-state index is 12.5. The molecule has 31 heavy (non-hydrogen) atoms. The number of carbonyl (C=O) groups is 4. The summed E-state index contributed by atoms with van der Waals surface area (Å²) < 4.78 is 16.3. The molecule has 5 N–H and O–H groups in total. The summed E-state index contributed by atoms with van der Waals surface area (Å²) in [5.41, 5.74) is 10.6. The first-order valence-corrected chi connectivity index (χ1v) is 10.0. The first-order chi connectivity index (χ1) is 14.7. The zero-order valence-electron chi connectivity index (χ0n) is 17.1. The summed E-state index contributed by atoms with van der Waals surface area (Å²) in [6.45, 7) is 4.64. The molecule has 0 bridgehead atoms. The molecule has 0 saturated heterocycles. The number of nitrogens with zero attached hydrogens (tertiary/aromatic N) is 3. The highest BCUT2D eigenvalue weighted by atomic mass is 32.2. The molecule has 0 atom stereocenters. The standard InChI is InChI=1S/C17H22N6O7S/c1-4-28-10(25)7-31-17-22-21-16(19)23(17)6-9(24)20-14-12(13(18)26)11(8(3)30-14)15(27)29-5-2/h4-7H2,1-3H3,(H2,18,26)(H2,19,21)(H,20,24). The van der Waals surface area contributed by atoms with Gasteiger partial charge in [0.1, 0.15) is 23.4 Å². The van der Waals surface area contributed by atoms with Crippen molar-refractivity contribution in [1.29, 1.82) is 0 Å². The molecule has 2 aromatic heterocycles. The summed E-state index contributed by atoms with van der Waals surface area (Å²) in [6.07, 6.45) is 0. The van der Waals surface area contributed by atoms with Crippen molar-refractivity contribution in [3.63, 3.8) is 0 Å². The lowest BCUT2D eigenvalue weighted by Gasteiger charge is -2.08. The molecule has 0 spiro atoms. The van der Waals surface area contributed by atoms with E-state index in [2.05, 4.69) is 15.5 Å². The molecule has 0 unspecified atom stereocenters. The molecular formula is C17H22N6O7S. The van der Waals surface area contributed by atoms with Gasteiger partial charge in [-0.05, 0) is 20.8 Å². The van der Waals surface area contributed by atoms with Gasteiger partial charge < -0.3 is 25.4 Å². The van der Waals surface area contributed by atoms with E-state index >= 15 is 0 Å². The van der Waals surface area contributed by atoms with Crippen LogP contribution in [0.15, 0.2) is 9.57 Å². The minimum absolute atomic E-state index is 0.0528. The Labute approximate surface area is 180 Å². The molecule has 14 heteroatoms. The molecule has 168 valence electrons. The van der Waals surface area contributed by atoms with E-state index in [4.69, 9.17) is 25.4 Å². The van der Waals surface area contributed by atoms with Crippen LogP contribution in [0, 0.1) is 6.92 Å². The minimum atomic E-state index is -0.982. The minimum Gasteiger partial charge on any atom is -0.465 e. The number of amides is 2. The van der Waals surface area contributed by atoms with Crippen molar-refractivity contribution in [2.75, 3.05) is 30.0 Å². The number of nitrogens with one attached hydrogen (secondary N) is 1. The van der Waals surface area contributed by atoms with E-state index in [0.717, 1.165) is 11.8 Å². The third kappa shape index (κ3) is 5.75. The molecular weight excluding hydrogens is 432 g/mol. The van der Waals surface area contributed by atoms with Crippen molar-refractivity contribution in [2.24, 2.45) is 5.73 Å². The summed E-state index contributed by atoms with van der Waals surface area (Å²) in [5.74, 6) is -3.30. The summed E-state index contributed by atoms with van der Waals surface area (Å²) in [4.78, 5) is 48.1. The first kappa shape index (κ1) is 23.7. The number of anilines is 2. The van der Waals surface area contributed by atoms with Crippen LogP contribution in [-0.4, -0.2) is 57.5 Å². The zero-order chi connectivity index (χ0) is 23.1. The van der Waals surface area contributed by atoms with Crippen LogP contribution in [0.2, 0.25) is 0 Å². The van der Waals surface area contributed by atoms with E-state index in [1.807, 2.05) is 0 Å². The Morgan fingerprint density at radius 1 is 1.13 bits per heavy atom. The predicted octanol–water partition coefficient (Wildman–Crippen LogP) is 0.331. The molecule has 0 saturated carbocycles. The second kappa shape index (κ2) is 10.5. The average molecular weight is 454 g/mol. The summed E-state index contributed by atoms with van der Waals surface area (Å²) >= 11 is 0.984. The Hall–Kier alpha value is -3.55. The number of furan rings is 1. The Kier molecular flexibility index (Phi) is 8.01. The average Bonchev–Trinajstić information content (AvgIpc) is 3.20. The number of rotatable bonds is 10. The number of esters is 2. The Balaban J connectivity index is 2.20. The van der Waals surface area contributed by atoms with Gasteiger partial charge in [-0.2, -0.15) is 0 Å². The quantitative estimate of drug-likeness (QED) is 0.330. The fourth-order valence-corrected chi connectivity index (χ4v) is 3.25. The fraction of sp³-hybridized carbons (Fsp3) is 0.412. The van der Waals surface area contributed by atoms with Gasteiger partial charge in [0, 0.05) is 0 Å². The number of nitrogens with two attached hydrogens (primary N) is 2. The number of hydrogen-bond acceptors (Lipinski definition) is 11. The smallest absolute Gasteiger partial charge is 0.342 e. The normalized spacial score (nSPS) is 10.5. The highest BCUT2D eigenvalue weighted by molar-refractivity contribution is 7.99. The SMILES string of the molecule is CCOC(=O)CSc1nnc(N)n1CC(=O)Nc1oc(C)c(C(=O)OCC)c1C(N)=O. The van der Waals surface area contributed by atoms with Crippen molar-refractivity contribution in [1.82, 2.24) is 14.8 Å². The molecule has 0 aliphatic rings. The predicted molar refractivity (Wildman–Crippen MR) is 108 cm³/mol. The number of thioether (sulfide) groups is 1. The van der Waals surface area contributed by atoms with E-state index in [9.17, 15) is 19.2 Å². The Morgan fingerprint density at radius 2 is 1.81 bits per heavy atom. The molecule has 2 heterocycles. The van der Waals surface area contributed by atoms with Crippen molar-refractivity contribution in [3.8, 4) is 0 Å². The van der Waals surface area contributed by atoms with Crippen LogP contribution in [-0.2, 0) is 25.6 Å². The van der Waals surface area contributed by atoms with Gasteiger partial charge in [-0.3, -0.25) is 24.3 Å². The van der Waals surface area contributed by atoms with E-state index < -0.39 is 23.8 Å². The lowest BCUT2D eigenvalue weighted by molar-refractivity contribution is -0.139. The number of hydrogen-bond donors (Lipinski definition) is 3. The Bertz CT molecular complexity index is 1000. The van der Waals surface area contributed by atoms with Gasteiger partial charge in [0.2, 0.25) is 17.7 Å². The third-order valence-electron chi connectivity index (χ3n) is 3.73. The number of nitrogen functional groups attached to an aromatic ring is 1. The van der Waals surface area contributed by atoms with E-state index in [0.29, 0.717) is 0 Å². The van der Waals surface area contributed by atoms with Gasteiger partial charge in [-0.15, -0.1) is 10.2 Å². The summed E-state index contributed by atoms with van der Waals surface area (Å²) in [5, 5.41) is 10.1. The van der Waals surface area contributed by atoms with Crippen LogP contribution in [0.4, 0.5) is 11.8 Å². The van der Waals surface area contributed by atoms with Crippen molar-refractivity contribution < 1.29 is 33.1 Å². The number of ether oxygens (including phenoxy) is 2. The molecule has 2 amide bonds. The van der Waals surface area contributed by atoms with Crippen molar-refractivity contribution in [2.45, 2.75) is 32.5 Å². The molecule has 13 nitrogen and oxygen atoms in total. The largest absolute Gasteiger partial charge is 0.465 e. The molecule has 0 aromatic carbocycles. The lowest BCUT2D eigenvalue weighted by atomic mass is 10.1. The Morgan fingerprint density at radius 3 is 2.42 bits per heavy atom. The van der Waals surface area contributed by atoms with Crippen LogP contribution in [0.25, 0.3) is 0 Å². The molecule has 0 aliphatic carbocycles. The molecule has 0 radical (unpaired) electrons. The van der Waals surface area contributed by atoms with Crippen LogP contribution in [0.5, 0.6) is 0 Å². The monoisotopic (exact) mass is 454 g/mol. The van der Waals surface area contributed by atoms with Gasteiger partial charge in [0.15, 0.2) is 5.16 Å². The second-order valence-electron chi connectivity index (χ2n) is 5.89. The number of aryl methyl sites for hydroxylation is 1. The van der Waals surface area contributed by atoms with Gasteiger partial charge in [0.05, 0.1) is 19.0 Å². The highest BCUT2D eigenvalue weighted by Crippen LogP contribution is 2.28. The van der Waals surface area contributed by atoms with Crippen molar-refractivity contribution in [3.05, 3.63) is 16.9 Å². The topological polar surface area (TPSA) is 195 Å². The fourth-order valence-electron chi connectivity index (χ4n) is 2.51. The summed E-state index contributed by atoms with van der Waals surface area (Å²) in [7, 11) is 0. The number of primary amides is 1. The molecule has 2 aromatic rings. The summed E-state index contributed by atoms with van der Waals surface area (Å²) in [6, 6.07) is 0. The molecule has 2 rings (SSSR count). The van der Waals surface area contributed by atoms with Gasteiger partial charge >= 0.3 is 11.9 Å². The van der Waals surface area contributed by atoms with Crippen LogP contribution in [0.3, 0.4) is 0 Å². The van der Waals surface area contributed by atoms with Gasteiger partial charge in [0.25, 0.3) is 5.91 Å². The van der Waals surface area contributed by atoms with E-state index in [-0.39, 0.29) is 59.4 Å². The van der Waals surface area contributed by atoms with Gasteiger partial charge in [-0.1, -0.05) is 11.8 Å².